The lowest BCUT2D eigenvalue weighted by Gasteiger charge is -2.36. The minimum Gasteiger partial charge on any atom is -0.382 e. The summed E-state index contributed by atoms with van der Waals surface area (Å²) in [7, 11) is 5.95. The fraction of sp³-hybridized carbons (Fsp3) is 1.00. The Morgan fingerprint density at radius 3 is 1.50 bits per heavy atom. The van der Waals surface area contributed by atoms with Crippen molar-refractivity contribution in [3.63, 3.8) is 0 Å². The predicted molar refractivity (Wildman–Crippen MR) is 122 cm³/mol. The molecule has 0 saturated heterocycles. The standard InChI is InChI=1S/C20H46O8Si2/c1-21-17-18-28-16-14-12-10-8-9-11-13-15-20(30(25-5,26-6)27-7)19-29(22-2,23-3)24-4/h20H,8-19H2,1-7H3. The van der Waals surface area contributed by atoms with E-state index in [9.17, 15) is 0 Å². The first-order valence-corrected chi connectivity index (χ1v) is 14.6. The third-order valence-electron chi connectivity index (χ3n) is 5.56. The van der Waals surface area contributed by atoms with Gasteiger partial charge in [0.1, 0.15) is 0 Å². The molecule has 0 aliphatic carbocycles. The van der Waals surface area contributed by atoms with Gasteiger partial charge in [-0.25, -0.2) is 0 Å². The summed E-state index contributed by atoms with van der Waals surface area (Å²) in [5.74, 6) is 0. The van der Waals surface area contributed by atoms with Crippen molar-refractivity contribution in [3.8, 4) is 0 Å². The molecule has 0 amide bonds. The van der Waals surface area contributed by atoms with Crippen molar-refractivity contribution < 1.29 is 36.0 Å². The highest BCUT2D eigenvalue weighted by Crippen LogP contribution is 2.37. The maximum atomic E-state index is 5.77. The molecule has 0 aliphatic rings. The van der Waals surface area contributed by atoms with E-state index in [1.165, 1.54) is 32.1 Å². The van der Waals surface area contributed by atoms with Crippen molar-refractivity contribution in [2.75, 3.05) is 69.6 Å². The molecule has 182 valence electrons. The molecule has 1 unspecified atom stereocenters. The third kappa shape index (κ3) is 11.1. The lowest BCUT2D eigenvalue weighted by molar-refractivity contribution is 0.0685. The molecule has 0 aromatic carbocycles. The first-order chi connectivity index (χ1) is 14.5. The summed E-state index contributed by atoms with van der Waals surface area (Å²) in [5, 5.41) is 0. The van der Waals surface area contributed by atoms with Gasteiger partial charge in [0.2, 0.25) is 0 Å². The van der Waals surface area contributed by atoms with Crippen LogP contribution in [0.15, 0.2) is 0 Å². The van der Waals surface area contributed by atoms with Crippen LogP contribution in [0.3, 0.4) is 0 Å². The van der Waals surface area contributed by atoms with E-state index in [4.69, 9.17) is 36.0 Å². The van der Waals surface area contributed by atoms with Gasteiger partial charge in [0.15, 0.2) is 0 Å². The van der Waals surface area contributed by atoms with Crippen molar-refractivity contribution >= 4 is 17.6 Å². The molecule has 10 heteroatoms. The predicted octanol–water partition coefficient (Wildman–Crippen LogP) is 3.90. The largest absolute Gasteiger partial charge is 0.503 e. The van der Waals surface area contributed by atoms with Gasteiger partial charge >= 0.3 is 17.6 Å². The molecule has 0 fully saturated rings. The fourth-order valence-electron chi connectivity index (χ4n) is 3.68. The molecule has 0 aromatic heterocycles. The topological polar surface area (TPSA) is 73.8 Å². The zero-order chi connectivity index (χ0) is 22.7. The Balaban J connectivity index is 4.37. The van der Waals surface area contributed by atoms with Crippen molar-refractivity contribution in [1.29, 1.82) is 0 Å². The lowest BCUT2D eigenvalue weighted by atomic mass is 10.1. The third-order valence-corrected chi connectivity index (χ3v) is 12.0. The van der Waals surface area contributed by atoms with Crippen LogP contribution >= 0.6 is 0 Å². The highest BCUT2D eigenvalue weighted by Gasteiger charge is 2.53. The van der Waals surface area contributed by atoms with Crippen LogP contribution in [0.1, 0.15) is 51.4 Å². The normalized spacial score (nSPS) is 13.7. The van der Waals surface area contributed by atoms with Gasteiger partial charge in [0, 0.05) is 68.0 Å². The van der Waals surface area contributed by atoms with Gasteiger partial charge in [-0.05, 0) is 12.8 Å². The summed E-state index contributed by atoms with van der Waals surface area (Å²) < 4.78 is 44.7. The highest BCUT2D eigenvalue weighted by molar-refractivity contribution is 6.67. The Labute approximate surface area is 186 Å². The first kappa shape index (κ1) is 30.1. The van der Waals surface area contributed by atoms with E-state index >= 15 is 0 Å². The van der Waals surface area contributed by atoms with Gasteiger partial charge in [0.05, 0.1) is 13.2 Å². The first-order valence-electron chi connectivity index (χ1n) is 10.9. The van der Waals surface area contributed by atoms with Gasteiger partial charge < -0.3 is 36.0 Å². The monoisotopic (exact) mass is 470 g/mol. The Morgan fingerprint density at radius 2 is 1.03 bits per heavy atom. The molecule has 0 aromatic rings. The SMILES string of the molecule is COCCOCCCCCCCCCC(C[Si](OC)(OC)OC)[Si](OC)(OC)OC. The van der Waals surface area contributed by atoms with E-state index in [1.807, 2.05) is 0 Å². The highest BCUT2D eigenvalue weighted by atomic mass is 28.4. The molecule has 0 N–H and O–H groups in total. The molecule has 0 spiro atoms. The van der Waals surface area contributed by atoms with Crippen LogP contribution in [0.4, 0.5) is 0 Å². The van der Waals surface area contributed by atoms with E-state index in [-0.39, 0.29) is 5.54 Å². The van der Waals surface area contributed by atoms with Gasteiger partial charge in [0.25, 0.3) is 0 Å². The summed E-state index contributed by atoms with van der Waals surface area (Å²) >= 11 is 0. The molecule has 0 saturated carbocycles. The Morgan fingerprint density at radius 1 is 0.533 bits per heavy atom. The Kier molecular flexibility index (Phi) is 18.7. The van der Waals surface area contributed by atoms with E-state index < -0.39 is 17.6 Å². The molecule has 1 atom stereocenters. The van der Waals surface area contributed by atoms with Crippen LogP contribution in [0.5, 0.6) is 0 Å². The van der Waals surface area contributed by atoms with Crippen molar-refractivity contribution in [2.45, 2.75) is 63.0 Å². The smallest absolute Gasteiger partial charge is 0.382 e. The van der Waals surface area contributed by atoms with Gasteiger partial charge in [-0.2, -0.15) is 0 Å². The van der Waals surface area contributed by atoms with E-state index in [0.717, 1.165) is 25.9 Å². The van der Waals surface area contributed by atoms with Gasteiger partial charge in [-0.15, -0.1) is 0 Å². The quantitative estimate of drug-likeness (QED) is 0.174. The molecule has 0 heterocycles. The summed E-state index contributed by atoms with van der Waals surface area (Å²) in [6.07, 6.45) is 9.23. The van der Waals surface area contributed by atoms with E-state index in [2.05, 4.69) is 0 Å². The molecular formula is C20H46O8Si2. The van der Waals surface area contributed by atoms with Crippen LogP contribution in [0.2, 0.25) is 11.6 Å². The van der Waals surface area contributed by atoms with Crippen LogP contribution in [0.25, 0.3) is 0 Å². The van der Waals surface area contributed by atoms with Gasteiger partial charge in [-0.3, -0.25) is 0 Å². The van der Waals surface area contributed by atoms with Crippen LogP contribution in [0, 0.1) is 0 Å². The summed E-state index contributed by atoms with van der Waals surface area (Å²) in [6, 6.07) is 0.612. The number of unbranched alkanes of at least 4 members (excludes halogenated alkanes) is 6. The number of methoxy groups -OCH3 is 1. The van der Waals surface area contributed by atoms with Crippen LogP contribution in [-0.4, -0.2) is 87.2 Å². The minimum absolute atomic E-state index is 0.0632. The van der Waals surface area contributed by atoms with E-state index in [1.54, 1.807) is 49.8 Å². The second kappa shape index (κ2) is 18.7. The average molecular weight is 471 g/mol. The zero-order valence-electron chi connectivity index (χ0n) is 20.3. The van der Waals surface area contributed by atoms with Gasteiger partial charge in [-0.1, -0.05) is 38.5 Å². The minimum atomic E-state index is -2.83. The molecule has 0 radical (unpaired) electrons. The summed E-state index contributed by atoms with van der Waals surface area (Å²) in [4.78, 5) is 0. The lowest BCUT2D eigenvalue weighted by Crippen LogP contribution is -2.53. The average Bonchev–Trinajstić information content (AvgIpc) is 2.79. The summed E-state index contributed by atoms with van der Waals surface area (Å²) in [6.45, 7) is 2.18. The Bertz CT molecular complexity index is 365. The van der Waals surface area contributed by atoms with Crippen molar-refractivity contribution in [1.82, 2.24) is 0 Å². The fourth-order valence-corrected chi connectivity index (χ4v) is 9.29. The summed E-state index contributed by atoms with van der Waals surface area (Å²) in [5.41, 5.74) is 0.0632. The molecule has 30 heavy (non-hydrogen) atoms. The van der Waals surface area contributed by atoms with Crippen LogP contribution < -0.4 is 0 Å². The second-order valence-corrected chi connectivity index (χ2v) is 13.5. The Hall–Kier alpha value is 0.114. The molecule has 0 bridgehead atoms. The second-order valence-electron chi connectivity index (χ2n) is 7.28. The van der Waals surface area contributed by atoms with E-state index in [0.29, 0.717) is 19.3 Å². The number of hydrogen-bond acceptors (Lipinski definition) is 8. The maximum Gasteiger partial charge on any atom is 0.503 e. The number of hydrogen-bond donors (Lipinski definition) is 0. The maximum absolute atomic E-state index is 5.77. The molecular weight excluding hydrogens is 424 g/mol. The number of rotatable bonds is 22. The van der Waals surface area contributed by atoms with Crippen LogP contribution in [-0.2, 0) is 36.0 Å². The van der Waals surface area contributed by atoms with Crippen molar-refractivity contribution in [3.05, 3.63) is 0 Å². The molecule has 0 aliphatic heterocycles. The molecule has 8 nitrogen and oxygen atoms in total. The molecule has 0 rings (SSSR count). The van der Waals surface area contributed by atoms with Crippen molar-refractivity contribution in [2.24, 2.45) is 0 Å². The number of ether oxygens (including phenoxy) is 2. The zero-order valence-corrected chi connectivity index (χ0v) is 22.3.